The fourth-order valence-electron chi connectivity index (χ4n) is 8.09. The normalized spacial score (nSPS) is 11.8. The molecule has 3 heteroatoms. The van der Waals surface area contributed by atoms with E-state index in [2.05, 4.69) is 181 Å². The van der Waals surface area contributed by atoms with Gasteiger partial charge in [0.1, 0.15) is 11.2 Å². The van der Waals surface area contributed by atoms with Crippen LogP contribution >= 0.6 is 11.3 Å². The van der Waals surface area contributed by atoms with Crippen LogP contribution in [0.15, 0.2) is 192 Å². The number of anilines is 3. The molecule has 0 spiro atoms. The van der Waals surface area contributed by atoms with Crippen LogP contribution in [0.1, 0.15) is 0 Å². The highest BCUT2D eigenvalue weighted by molar-refractivity contribution is 7.25. The molecule has 0 aliphatic rings. The number of hydrogen-bond acceptors (Lipinski definition) is 3. The lowest BCUT2D eigenvalue weighted by molar-refractivity contribution is 0.669. The van der Waals surface area contributed by atoms with E-state index >= 15 is 0 Å². The van der Waals surface area contributed by atoms with E-state index in [1.54, 1.807) is 0 Å². The first-order valence-corrected chi connectivity index (χ1v) is 18.8. The maximum Gasteiger partial charge on any atom is 0.137 e. The Kier molecular flexibility index (Phi) is 6.76. The fourth-order valence-corrected chi connectivity index (χ4v) is 9.22. The maximum absolute atomic E-state index is 6.36. The lowest BCUT2D eigenvalue weighted by Gasteiger charge is -2.26. The molecule has 0 aliphatic heterocycles. The summed E-state index contributed by atoms with van der Waals surface area (Å²) >= 11 is 1.87. The second kappa shape index (κ2) is 11.9. The Morgan fingerprint density at radius 2 is 1.04 bits per heavy atom. The second-order valence-corrected chi connectivity index (χ2v) is 14.8. The largest absolute Gasteiger partial charge is 0.456 e. The topological polar surface area (TPSA) is 16.4 Å². The van der Waals surface area contributed by atoms with Gasteiger partial charge in [0.2, 0.25) is 0 Å². The molecule has 2 heterocycles. The standard InChI is InChI=1S/C50H31NOS/c1-2-11-40-33(9-1)10-7-14-41(40)34-23-27-39(28-24-34)51(45-15-8-17-47-50(45)43-13-3-5-16-46(43)52-47)38-25-21-32(22-26-38)35-19-20-36-31-49-44(30-37(36)29-35)42-12-4-6-18-48(42)53-49/h1-31H. The van der Waals surface area contributed by atoms with Crippen LogP contribution in [0.3, 0.4) is 0 Å². The third kappa shape index (κ3) is 4.93. The lowest BCUT2D eigenvalue weighted by Crippen LogP contribution is -2.10. The number of furan rings is 1. The van der Waals surface area contributed by atoms with Gasteiger partial charge < -0.3 is 9.32 Å². The summed E-state index contributed by atoms with van der Waals surface area (Å²) < 4.78 is 9.03. The molecule has 53 heavy (non-hydrogen) atoms. The molecular formula is C50H31NOS. The SMILES string of the molecule is c1ccc2c(-c3ccc(N(c4ccc(-c5ccc6cc7sc8ccccc8c7cc6c5)cc4)c4cccc5oc6ccccc6c45)cc3)cccc2c1. The predicted molar refractivity (Wildman–Crippen MR) is 227 cm³/mol. The average Bonchev–Trinajstić information content (AvgIpc) is 3.78. The van der Waals surface area contributed by atoms with Gasteiger partial charge in [0.05, 0.1) is 11.1 Å². The first-order chi connectivity index (χ1) is 26.2. The molecule has 0 unspecified atom stereocenters. The predicted octanol–water partition coefficient (Wildman–Crippen LogP) is 15.1. The van der Waals surface area contributed by atoms with Gasteiger partial charge in [-0.05, 0) is 111 Å². The lowest BCUT2D eigenvalue weighted by atomic mass is 9.97. The molecule has 2 aromatic heterocycles. The Morgan fingerprint density at radius 3 is 1.89 bits per heavy atom. The molecule has 0 N–H and O–H groups in total. The molecule has 11 rings (SSSR count). The molecule has 0 amide bonds. The smallest absolute Gasteiger partial charge is 0.137 e. The molecular weight excluding hydrogens is 663 g/mol. The number of fused-ring (bicyclic) bond motifs is 8. The first-order valence-electron chi connectivity index (χ1n) is 18.0. The minimum absolute atomic E-state index is 0.876. The van der Waals surface area contributed by atoms with E-state index in [9.17, 15) is 0 Å². The molecule has 248 valence electrons. The third-order valence-electron chi connectivity index (χ3n) is 10.6. The minimum atomic E-state index is 0.876. The molecule has 0 saturated carbocycles. The molecule has 0 bridgehead atoms. The molecule has 11 aromatic rings. The summed E-state index contributed by atoms with van der Waals surface area (Å²) in [7, 11) is 0. The van der Waals surface area contributed by atoms with Gasteiger partial charge in [-0.25, -0.2) is 0 Å². The van der Waals surface area contributed by atoms with Gasteiger partial charge in [0, 0.05) is 36.9 Å². The van der Waals surface area contributed by atoms with Crippen molar-refractivity contribution in [1.29, 1.82) is 0 Å². The van der Waals surface area contributed by atoms with Gasteiger partial charge >= 0.3 is 0 Å². The van der Waals surface area contributed by atoms with Gasteiger partial charge in [-0.2, -0.15) is 0 Å². The zero-order chi connectivity index (χ0) is 34.9. The van der Waals surface area contributed by atoms with E-state index in [4.69, 9.17) is 4.42 Å². The Morgan fingerprint density at radius 1 is 0.377 bits per heavy atom. The van der Waals surface area contributed by atoms with Crippen LogP contribution < -0.4 is 4.90 Å². The van der Waals surface area contributed by atoms with Crippen LogP contribution in [-0.4, -0.2) is 0 Å². The summed E-state index contributed by atoms with van der Waals surface area (Å²) in [6.07, 6.45) is 0. The van der Waals surface area contributed by atoms with Crippen LogP contribution in [0.4, 0.5) is 17.1 Å². The maximum atomic E-state index is 6.36. The number of para-hydroxylation sites is 1. The van der Waals surface area contributed by atoms with E-state index < -0.39 is 0 Å². The summed E-state index contributed by atoms with van der Waals surface area (Å²) in [5, 5.41) is 9.89. The Hall–Kier alpha value is -6.68. The Balaban J connectivity index is 1.03. The molecule has 2 nitrogen and oxygen atoms in total. The van der Waals surface area contributed by atoms with E-state index in [1.165, 1.54) is 64.0 Å². The van der Waals surface area contributed by atoms with Gasteiger partial charge in [0.25, 0.3) is 0 Å². The highest BCUT2D eigenvalue weighted by Crippen LogP contribution is 2.44. The summed E-state index contributed by atoms with van der Waals surface area (Å²) in [5.74, 6) is 0. The average molecular weight is 694 g/mol. The fraction of sp³-hybridized carbons (Fsp3) is 0. The molecule has 0 aliphatic carbocycles. The number of benzene rings is 9. The first kappa shape index (κ1) is 30.0. The highest BCUT2D eigenvalue weighted by Gasteiger charge is 2.20. The van der Waals surface area contributed by atoms with Crippen molar-refractivity contribution in [2.45, 2.75) is 0 Å². The number of thiophene rings is 1. The Labute approximate surface area is 310 Å². The van der Waals surface area contributed by atoms with E-state index in [0.717, 1.165) is 39.0 Å². The van der Waals surface area contributed by atoms with Gasteiger partial charge in [-0.1, -0.05) is 121 Å². The van der Waals surface area contributed by atoms with Crippen molar-refractivity contribution in [1.82, 2.24) is 0 Å². The monoisotopic (exact) mass is 693 g/mol. The summed E-state index contributed by atoms with van der Waals surface area (Å²) in [5.41, 5.74) is 9.82. The van der Waals surface area contributed by atoms with E-state index in [1.807, 2.05) is 23.5 Å². The number of nitrogens with zero attached hydrogens (tertiary/aromatic N) is 1. The zero-order valence-corrected chi connectivity index (χ0v) is 29.5. The van der Waals surface area contributed by atoms with E-state index in [-0.39, 0.29) is 0 Å². The Bertz CT molecular complexity index is 3160. The van der Waals surface area contributed by atoms with Crippen molar-refractivity contribution in [3.63, 3.8) is 0 Å². The van der Waals surface area contributed by atoms with Gasteiger partial charge in [-0.15, -0.1) is 11.3 Å². The number of hydrogen-bond donors (Lipinski definition) is 0. The highest BCUT2D eigenvalue weighted by atomic mass is 32.1. The van der Waals surface area contributed by atoms with Crippen molar-refractivity contribution in [2.75, 3.05) is 4.90 Å². The molecule has 0 fully saturated rings. The molecule has 0 saturated heterocycles. The van der Waals surface area contributed by atoms with Crippen LogP contribution in [0.2, 0.25) is 0 Å². The number of rotatable bonds is 5. The van der Waals surface area contributed by atoms with Gasteiger partial charge in [-0.3, -0.25) is 0 Å². The van der Waals surface area contributed by atoms with Crippen LogP contribution in [0.5, 0.6) is 0 Å². The van der Waals surface area contributed by atoms with Crippen LogP contribution in [0, 0.1) is 0 Å². The summed E-state index contributed by atoms with van der Waals surface area (Å²) in [6, 6.07) is 68.0. The van der Waals surface area contributed by atoms with Crippen molar-refractivity contribution in [3.8, 4) is 22.3 Å². The molecule has 9 aromatic carbocycles. The quantitative estimate of drug-likeness (QED) is 0.178. The summed E-state index contributed by atoms with van der Waals surface area (Å²) in [6.45, 7) is 0. The van der Waals surface area contributed by atoms with Crippen LogP contribution in [-0.2, 0) is 0 Å². The van der Waals surface area contributed by atoms with Crippen molar-refractivity contribution in [3.05, 3.63) is 188 Å². The summed E-state index contributed by atoms with van der Waals surface area (Å²) in [4.78, 5) is 2.36. The molecule has 0 atom stereocenters. The minimum Gasteiger partial charge on any atom is -0.456 e. The van der Waals surface area contributed by atoms with E-state index in [0.29, 0.717) is 0 Å². The van der Waals surface area contributed by atoms with Crippen molar-refractivity contribution in [2.24, 2.45) is 0 Å². The van der Waals surface area contributed by atoms with Crippen LogP contribution in [0.25, 0.3) is 85.9 Å². The third-order valence-corrected chi connectivity index (χ3v) is 11.8. The van der Waals surface area contributed by atoms with Crippen molar-refractivity contribution >= 4 is 92.1 Å². The van der Waals surface area contributed by atoms with Crippen molar-refractivity contribution < 1.29 is 4.42 Å². The zero-order valence-electron chi connectivity index (χ0n) is 28.7. The molecule has 0 radical (unpaired) electrons. The second-order valence-electron chi connectivity index (χ2n) is 13.7. The van der Waals surface area contributed by atoms with Gasteiger partial charge in [0.15, 0.2) is 0 Å².